The number of aryl methyl sites for hydroxylation is 1. The van der Waals surface area contributed by atoms with Crippen molar-refractivity contribution in [2.75, 3.05) is 37.7 Å². The molecule has 0 unspecified atom stereocenters. The highest BCUT2D eigenvalue weighted by molar-refractivity contribution is 5.97. The number of nitriles is 1. The van der Waals surface area contributed by atoms with Gasteiger partial charge in [0.05, 0.1) is 41.4 Å². The van der Waals surface area contributed by atoms with Crippen LogP contribution in [0.3, 0.4) is 0 Å². The molecular formula is C36H38F2N6O2. The van der Waals surface area contributed by atoms with Crippen molar-refractivity contribution in [3.05, 3.63) is 59.3 Å². The second-order valence-electron chi connectivity index (χ2n) is 13.6. The van der Waals surface area contributed by atoms with E-state index in [9.17, 15) is 14.4 Å². The Morgan fingerprint density at radius 2 is 1.93 bits per heavy atom. The van der Waals surface area contributed by atoms with E-state index in [-0.39, 0.29) is 41.1 Å². The van der Waals surface area contributed by atoms with Gasteiger partial charge in [-0.1, -0.05) is 24.8 Å². The summed E-state index contributed by atoms with van der Waals surface area (Å²) in [7, 11) is 0. The number of carbonyl (C=O) groups is 1. The molecule has 1 aromatic carbocycles. The van der Waals surface area contributed by atoms with Crippen LogP contribution in [0.25, 0.3) is 22.2 Å². The first-order valence-corrected chi connectivity index (χ1v) is 16.7. The molecule has 6 heterocycles. The third kappa shape index (κ3) is 4.49. The zero-order chi connectivity index (χ0) is 31.6. The predicted molar refractivity (Wildman–Crippen MR) is 171 cm³/mol. The van der Waals surface area contributed by atoms with E-state index in [1.807, 2.05) is 12.1 Å². The van der Waals surface area contributed by atoms with Crippen LogP contribution < -0.4 is 9.64 Å². The second kappa shape index (κ2) is 11.3. The molecule has 0 radical (unpaired) electrons. The lowest BCUT2D eigenvalue weighted by molar-refractivity contribution is -0.130. The number of carbonyl (C=O) groups excluding carboxylic acids is 1. The lowest BCUT2D eigenvalue weighted by atomic mass is 9.87. The molecule has 10 heteroatoms. The predicted octanol–water partition coefficient (Wildman–Crippen LogP) is 5.66. The lowest BCUT2D eigenvalue weighted by Gasteiger charge is -2.49. The van der Waals surface area contributed by atoms with Crippen molar-refractivity contribution in [3.63, 3.8) is 0 Å². The number of anilines is 1. The molecule has 4 fully saturated rings. The Kier molecular flexibility index (Phi) is 7.20. The van der Waals surface area contributed by atoms with Gasteiger partial charge in [0.2, 0.25) is 5.88 Å². The molecule has 4 aliphatic heterocycles. The molecule has 0 spiro atoms. The zero-order valence-corrected chi connectivity index (χ0v) is 26.0. The van der Waals surface area contributed by atoms with Crippen molar-refractivity contribution >= 4 is 22.5 Å². The van der Waals surface area contributed by atoms with Gasteiger partial charge in [-0.05, 0) is 82.0 Å². The Morgan fingerprint density at radius 1 is 1.13 bits per heavy atom. The van der Waals surface area contributed by atoms with Crippen LogP contribution >= 0.6 is 0 Å². The summed E-state index contributed by atoms with van der Waals surface area (Å²) in [6.07, 6.45) is 10.7. The highest BCUT2D eigenvalue weighted by atomic mass is 19.1. The van der Waals surface area contributed by atoms with E-state index < -0.39 is 17.6 Å². The number of amides is 1. The van der Waals surface area contributed by atoms with Gasteiger partial charge in [0.25, 0.3) is 5.91 Å². The first-order chi connectivity index (χ1) is 22.4. The van der Waals surface area contributed by atoms with E-state index in [4.69, 9.17) is 14.7 Å². The molecule has 2 aromatic heterocycles. The Hall–Kier alpha value is -4.10. The minimum atomic E-state index is -0.969. The van der Waals surface area contributed by atoms with Crippen molar-refractivity contribution in [3.8, 4) is 23.2 Å². The minimum Gasteiger partial charge on any atom is -0.475 e. The Balaban J connectivity index is 1.26. The highest BCUT2D eigenvalue weighted by Gasteiger charge is 2.51. The van der Waals surface area contributed by atoms with Gasteiger partial charge in [-0.2, -0.15) is 5.26 Å². The molecule has 8 rings (SSSR count). The molecule has 0 N–H and O–H groups in total. The smallest absolute Gasteiger partial charge is 0.282 e. The van der Waals surface area contributed by atoms with Gasteiger partial charge in [-0.3, -0.25) is 14.7 Å². The molecule has 1 amide bonds. The van der Waals surface area contributed by atoms with E-state index in [2.05, 4.69) is 28.5 Å². The zero-order valence-electron chi connectivity index (χ0n) is 26.0. The van der Waals surface area contributed by atoms with Crippen LogP contribution in [0.5, 0.6) is 5.88 Å². The molecule has 238 valence electrons. The van der Waals surface area contributed by atoms with E-state index in [0.29, 0.717) is 42.8 Å². The minimum absolute atomic E-state index is 0.0255. The van der Waals surface area contributed by atoms with E-state index in [1.165, 1.54) is 10.5 Å². The molecule has 46 heavy (non-hydrogen) atoms. The number of rotatable bonds is 7. The number of pyridine rings is 2. The van der Waals surface area contributed by atoms with Gasteiger partial charge in [0.15, 0.2) is 11.6 Å². The van der Waals surface area contributed by atoms with E-state index in [1.54, 1.807) is 6.20 Å². The number of likely N-dealkylation sites (tertiary alicyclic amines) is 1. The first kappa shape index (κ1) is 29.3. The average molecular weight is 625 g/mol. The monoisotopic (exact) mass is 624 g/mol. The summed E-state index contributed by atoms with van der Waals surface area (Å²) in [6.45, 7) is 6.57. The largest absolute Gasteiger partial charge is 0.475 e. The summed E-state index contributed by atoms with van der Waals surface area (Å²) in [5, 5.41) is 10.5. The Morgan fingerprint density at radius 3 is 2.72 bits per heavy atom. The quantitative estimate of drug-likeness (QED) is 0.314. The van der Waals surface area contributed by atoms with Crippen molar-refractivity contribution in [2.45, 2.75) is 81.8 Å². The number of nitrogens with zero attached hydrogens (tertiary/aromatic N) is 6. The number of halogens is 2. The van der Waals surface area contributed by atoms with Crippen LogP contribution in [0.15, 0.2) is 36.8 Å². The number of aromatic nitrogens is 2. The third-order valence-corrected chi connectivity index (χ3v) is 11.3. The molecule has 0 saturated carbocycles. The SMILES string of the molecule is C=C(F)C(=O)N1CC[C@@H]2[C@H]1CN2c1c(CC#N)c(OCC23CCCN2CCC3)nc2c(F)c(-c3cccc4c3CCCC4)ncc12. The fourth-order valence-electron chi connectivity index (χ4n) is 9.02. The maximum absolute atomic E-state index is 16.9. The number of fused-ring (bicyclic) bond motifs is 4. The molecular weight excluding hydrogens is 586 g/mol. The number of benzene rings is 1. The van der Waals surface area contributed by atoms with Crippen molar-refractivity contribution < 1.29 is 18.3 Å². The molecule has 2 atom stereocenters. The van der Waals surface area contributed by atoms with Gasteiger partial charge in [-0.15, -0.1) is 0 Å². The summed E-state index contributed by atoms with van der Waals surface area (Å²) >= 11 is 0. The maximum atomic E-state index is 16.9. The number of hydrogen-bond acceptors (Lipinski definition) is 7. The topological polar surface area (TPSA) is 85.6 Å². The number of hydrogen-bond donors (Lipinski definition) is 0. The van der Waals surface area contributed by atoms with Crippen molar-refractivity contribution in [2.24, 2.45) is 0 Å². The van der Waals surface area contributed by atoms with Gasteiger partial charge < -0.3 is 14.5 Å². The standard InChI is InChI=1S/C36H38F2N6O2/c1-22(37)35(45)43-18-12-28-29(43)20-44(28)33-26(11-15-39)34(46-21-36-13-5-16-42(36)17-6-14-36)41-32-27(33)19-40-31(30(32)38)25-10-4-8-23-7-2-3-9-24(23)25/h4,8,10,19,28-29H,1-3,5-7,9,11-14,16-18,20-21H2/t28-,29-/m1/s1. The van der Waals surface area contributed by atoms with Crippen LogP contribution in [0.2, 0.25) is 0 Å². The molecule has 0 bridgehead atoms. The van der Waals surface area contributed by atoms with Crippen LogP contribution in [0, 0.1) is 17.1 Å². The van der Waals surface area contributed by atoms with Crippen molar-refractivity contribution in [1.29, 1.82) is 5.26 Å². The first-order valence-electron chi connectivity index (χ1n) is 16.7. The van der Waals surface area contributed by atoms with Gasteiger partial charge >= 0.3 is 0 Å². The number of ether oxygens (including phenoxy) is 1. The summed E-state index contributed by atoms with van der Waals surface area (Å²) < 4.78 is 37.3. The fraction of sp³-hybridized carbons (Fsp3) is 0.500. The van der Waals surface area contributed by atoms with Crippen molar-refractivity contribution in [1.82, 2.24) is 19.8 Å². The highest BCUT2D eigenvalue weighted by Crippen LogP contribution is 2.46. The second-order valence-corrected chi connectivity index (χ2v) is 13.6. The average Bonchev–Trinajstić information content (AvgIpc) is 3.73. The maximum Gasteiger partial charge on any atom is 0.282 e. The lowest BCUT2D eigenvalue weighted by Crippen LogP contribution is -2.63. The third-order valence-electron chi connectivity index (χ3n) is 11.3. The molecule has 3 aromatic rings. The van der Waals surface area contributed by atoms with Gasteiger partial charge in [0.1, 0.15) is 17.8 Å². The van der Waals surface area contributed by atoms with Crippen LogP contribution in [-0.4, -0.2) is 76.1 Å². The Bertz CT molecular complexity index is 1790. The normalized spacial score (nSPS) is 23.1. The summed E-state index contributed by atoms with van der Waals surface area (Å²) in [5.74, 6) is -1.87. The van der Waals surface area contributed by atoms with E-state index >= 15 is 4.39 Å². The molecule has 5 aliphatic rings. The summed E-state index contributed by atoms with van der Waals surface area (Å²) in [4.78, 5) is 28.3. The van der Waals surface area contributed by atoms with Crippen LogP contribution in [0.1, 0.15) is 61.6 Å². The van der Waals surface area contributed by atoms with E-state index in [0.717, 1.165) is 75.6 Å². The van der Waals surface area contributed by atoms with Gasteiger partial charge in [-0.25, -0.2) is 13.8 Å². The Labute approximate surface area is 267 Å². The molecule has 8 nitrogen and oxygen atoms in total. The summed E-state index contributed by atoms with van der Waals surface area (Å²) in [6, 6.07) is 8.03. The van der Waals surface area contributed by atoms with Crippen LogP contribution in [0.4, 0.5) is 14.5 Å². The summed E-state index contributed by atoms with van der Waals surface area (Å²) in [5.41, 5.74) is 4.87. The van der Waals surface area contributed by atoms with Gasteiger partial charge in [0, 0.05) is 30.2 Å². The molecule has 4 saturated heterocycles. The molecule has 1 aliphatic carbocycles. The van der Waals surface area contributed by atoms with Crippen LogP contribution in [-0.2, 0) is 24.1 Å². The fourth-order valence-corrected chi connectivity index (χ4v) is 9.02.